The molecule has 1 aromatic carbocycles. The van der Waals surface area contributed by atoms with E-state index in [9.17, 15) is 14.0 Å². The molecule has 208 valence electrons. The molecule has 3 rings (SSSR count). The van der Waals surface area contributed by atoms with E-state index in [0.29, 0.717) is 61.9 Å². The maximum Gasteiger partial charge on any atom is 0.246 e. The van der Waals surface area contributed by atoms with Gasteiger partial charge in [-0.05, 0) is 58.0 Å². The van der Waals surface area contributed by atoms with Crippen LogP contribution in [0.3, 0.4) is 0 Å². The van der Waals surface area contributed by atoms with Crippen LogP contribution in [-0.2, 0) is 9.59 Å². The highest BCUT2D eigenvalue weighted by Gasteiger charge is 2.32. The van der Waals surface area contributed by atoms with Crippen LogP contribution < -0.4 is 16.0 Å². The molecule has 10 heteroatoms. The standard InChI is InChI=1S/C29H38FN7O2/c1-4-16-31-27-22(21-33-29(35-27)34-24-13-8-12-23(30)20-24)11-6-5-7-17-32-28(39)25-14-9-19-37(25)26(38)15-10-18-36(2)3/h8,10,12-13,15,20-21,25H,4-5,7,9,14,16-19H2,1-3H3,(H,32,39)(H2,31,33,34,35)/t25-/m0/s1. The Morgan fingerprint density at radius 1 is 1.28 bits per heavy atom. The van der Waals surface area contributed by atoms with Gasteiger partial charge in [0.1, 0.15) is 17.7 Å². The molecule has 0 unspecified atom stereocenters. The number of rotatable bonds is 12. The second-order valence-electron chi connectivity index (χ2n) is 9.57. The van der Waals surface area contributed by atoms with Crippen LogP contribution in [0.4, 0.5) is 21.8 Å². The van der Waals surface area contributed by atoms with E-state index in [1.165, 1.54) is 12.1 Å². The first-order chi connectivity index (χ1) is 18.9. The Labute approximate surface area is 230 Å². The number of amides is 2. The molecule has 1 atom stereocenters. The molecule has 1 aliphatic rings. The molecule has 2 aromatic rings. The van der Waals surface area contributed by atoms with Gasteiger partial charge in [0.05, 0.1) is 11.8 Å². The molecule has 1 fully saturated rings. The van der Waals surface area contributed by atoms with Crippen LogP contribution in [0, 0.1) is 17.7 Å². The summed E-state index contributed by atoms with van der Waals surface area (Å²) in [5.74, 6) is 6.62. The number of likely N-dealkylation sites (N-methyl/N-ethyl adjacent to an activating group) is 1. The van der Waals surface area contributed by atoms with Gasteiger partial charge >= 0.3 is 0 Å². The van der Waals surface area contributed by atoms with Crippen LogP contribution in [0.5, 0.6) is 0 Å². The average Bonchev–Trinajstić information content (AvgIpc) is 3.40. The molecule has 39 heavy (non-hydrogen) atoms. The predicted molar refractivity (Wildman–Crippen MR) is 152 cm³/mol. The Bertz CT molecular complexity index is 1210. The van der Waals surface area contributed by atoms with Crippen molar-refractivity contribution in [3.8, 4) is 11.8 Å². The van der Waals surface area contributed by atoms with Crippen LogP contribution in [0.25, 0.3) is 0 Å². The number of benzene rings is 1. The van der Waals surface area contributed by atoms with E-state index in [-0.39, 0.29) is 17.6 Å². The summed E-state index contributed by atoms with van der Waals surface area (Å²) in [6.07, 6.45) is 8.69. The van der Waals surface area contributed by atoms with Gasteiger partial charge in [0.15, 0.2) is 0 Å². The number of anilines is 3. The third-order valence-electron chi connectivity index (χ3n) is 5.98. The number of hydrogen-bond donors (Lipinski definition) is 3. The molecule has 1 aromatic heterocycles. The highest BCUT2D eigenvalue weighted by Crippen LogP contribution is 2.19. The van der Waals surface area contributed by atoms with Crippen LogP contribution in [-0.4, -0.2) is 77.9 Å². The molecule has 9 nitrogen and oxygen atoms in total. The summed E-state index contributed by atoms with van der Waals surface area (Å²) >= 11 is 0. The number of carbonyl (C=O) groups excluding carboxylic acids is 2. The fraction of sp³-hybridized carbons (Fsp3) is 0.448. The van der Waals surface area contributed by atoms with E-state index in [4.69, 9.17) is 0 Å². The second kappa shape index (κ2) is 15.4. The van der Waals surface area contributed by atoms with Crippen molar-refractivity contribution in [3.63, 3.8) is 0 Å². The maximum absolute atomic E-state index is 13.5. The highest BCUT2D eigenvalue weighted by molar-refractivity contribution is 5.93. The summed E-state index contributed by atoms with van der Waals surface area (Å²) in [4.78, 5) is 37.6. The molecular weight excluding hydrogens is 497 g/mol. The van der Waals surface area contributed by atoms with E-state index < -0.39 is 6.04 Å². The minimum Gasteiger partial charge on any atom is -0.369 e. The van der Waals surface area contributed by atoms with Crippen LogP contribution in [0.1, 0.15) is 44.6 Å². The van der Waals surface area contributed by atoms with Gasteiger partial charge in [-0.1, -0.05) is 30.9 Å². The lowest BCUT2D eigenvalue weighted by Crippen LogP contribution is -2.45. The molecule has 0 spiro atoms. The number of halogens is 1. The number of likely N-dealkylation sites (tertiary alicyclic amines) is 1. The normalized spacial score (nSPS) is 14.8. The Kier molecular flexibility index (Phi) is 11.7. The summed E-state index contributed by atoms with van der Waals surface area (Å²) in [7, 11) is 3.87. The summed E-state index contributed by atoms with van der Waals surface area (Å²) in [5, 5.41) is 9.23. The zero-order valence-electron chi connectivity index (χ0n) is 23.0. The Morgan fingerprint density at radius 3 is 2.90 bits per heavy atom. The van der Waals surface area contributed by atoms with Crippen molar-refractivity contribution in [2.24, 2.45) is 0 Å². The van der Waals surface area contributed by atoms with Crippen LogP contribution in [0.2, 0.25) is 0 Å². The van der Waals surface area contributed by atoms with E-state index in [1.54, 1.807) is 29.3 Å². The number of aromatic nitrogens is 2. The summed E-state index contributed by atoms with van der Waals surface area (Å²) < 4.78 is 13.5. The lowest BCUT2D eigenvalue weighted by Gasteiger charge is -2.22. The quantitative estimate of drug-likeness (QED) is 0.217. The molecule has 1 aliphatic heterocycles. The van der Waals surface area contributed by atoms with Gasteiger partial charge in [-0.15, -0.1) is 0 Å². The van der Waals surface area contributed by atoms with E-state index in [1.807, 2.05) is 25.1 Å². The molecule has 0 radical (unpaired) electrons. The lowest BCUT2D eigenvalue weighted by atomic mass is 10.2. The number of carbonyl (C=O) groups is 2. The number of nitrogens with one attached hydrogen (secondary N) is 3. The van der Waals surface area contributed by atoms with E-state index in [0.717, 1.165) is 19.4 Å². The molecule has 3 N–H and O–H groups in total. The van der Waals surface area contributed by atoms with Gasteiger partial charge in [-0.3, -0.25) is 9.59 Å². The summed E-state index contributed by atoms with van der Waals surface area (Å²) in [6.45, 7) is 4.54. The smallest absolute Gasteiger partial charge is 0.246 e. The summed E-state index contributed by atoms with van der Waals surface area (Å²) in [5.41, 5.74) is 1.22. The van der Waals surface area contributed by atoms with Crippen LogP contribution >= 0.6 is 0 Å². The second-order valence-corrected chi connectivity index (χ2v) is 9.57. The van der Waals surface area contributed by atoms with Gasteiger partial charge < -0.3 is 25.8 Å². The molecule has 0 bridgehead atoms. The fourth-order valence-corrected chi connectivity index (χ4v) is 4.03. The third-order valence-corrected chi connectivity index (χ3v) is 5.98. The zero-order valence-corrected chi connectivity index (χ0v) is 23.0. The predicted octanol–water partition coefficient (Wildman–Crippen LogP) is 3.54. The minimum absolute atomic E-state index is 0.115. The highest BCUT2D eigenvalue weighted by atomic mass is 19.1. The van der Waals surface area contributed by atoms with Crippen LogP contribution in [0.15, 0.2) is 42.6 Å². The lowest BCUT2D eigenvalue weighted by molar-refractivity contribution is -0.135. The number of unbranched alkanes of at least 4 members (excludes halogenated alkanes) is 1. The monoisotopic (exact) mass is 535 g/mol. The topological polar surface area (TPSA) is 102 Å². The average molecular weight is 536 g/mol. The first kappa shape index (κ1) is 29.6. The van der Waals surface area contributed by atoms with Gasteiger partial charge in [0, 0.05) is 44.4 Å². The largest absolute Gasteiger partial charge is 0.369 e. The molecule has 2 heterocycles. The van der Waals surface area contributed by atoms with Gasteiger partial charge in [-0.25, -0.2) is 9.37 Å². The van der Waals surface area contributed by atoms with E-state index >= 15 is 0 Å². The van der Waals surface area contributed by atoms with Crippen molar-refractivity contribution in [1.29, 1.82) is 0 Å². The van der Waals surface area contributed by atoms with E-state index in [2.05, 4.69) is 44.7 Å². The van der Waals surface area contributed by atoms with Crippen molar-refractivity contribution in [3.05, 3.63) is 54.0 Å². The van der Waals surface area contributed by atoms with Crippen molar-refractivity contribution in [1.82, 2.24) is 25.1 Å². The minimum atomic E-state index is -0.420. The molecule has 0 aliphatic carbocycles. The van der Waals surface area contributed by atoms with Gasteiger partial charge in [-0.2, -0.15) is 4.98 Å². The Balaban J connectivity index is 1.50. The van der Waals surface area contributed by atoms with Gasteiger partial charge in [0.2, 0.25) is 17.8 Å². The number of hydrogen-bond acceptors (Lipinski definition) is 7. The SMILES string of the molecule is CCCNc1nc(Nc2cccc(F)c2)ncc1C#CCCCNC(=O)[C@@H]1CCCN1C(=O)C=CCN(C)C. The van der Waals surface area contributed by atoms with Crippen molar-refractivity contribution < 1.29 is 14.0 Å². The zero-order chi connectivity index (χ0) is 28.0. The summed E-state index contributed by atoms with van der Waals surface area (Å²) in [6, 6.07) is 5.69. The Hall–Kier alpha value is -3.97. The first-order valence-corrected chi connectivity index (χ1v) is 13.4. The molecule has 2 amide bonds. The van der Waals surface area contributed by atoms with Gasteiger partial charge in [0.25, 0.3) is 0 Å². The van der Waals surface area contributed by atoms with Crippen molar-refractivity contribution in [2.75, 3.05) is 50.9 Å². The third kappa shape index (κ3) is 9.69. The maximum atomic E-state index is 13.5. The molecule has 1 saturated heterocycles. The fourth-order valence-electron chi connectivity index (χ4n) is 4.03. The number of nitrogens with zero attached hydrogens (tertiary/aromatic N) is 4. The molecule has 0 saturated carbocycles. The Morgan fingerprint density at radius 2 is 2.13 bits per heavy atom. The van der Waals surface area contributed by atoms with Crippen molar-refractivity contribution >= 4 is 29.3 Å². The van der Waals surface area contributed by atoms with Crippen molar-refractivity contribution in [2.45, 2.75) is 45.1 Å². The molecular formula is C29H38FN7O2. The first-order valence-electron chi connectivity index (χ1n) is 13.4.